The van der Waals surface area contributed by atoms with Gasteiger partial charge in [0.15, 0.2) is 0 Å². The fourth-order valence-corrected chi connectivity index (χ4v) is 6.64. The summed E-state index contributed by atoms with van der Waals surface area (Å²) in [5, 5.41) is 3.85. The first-order chi connectivity index (χ1) is 15.7. The van der Waals surface area contributed by atoms with Crippen molar-refractivity contribution in [2.75, 3.05) is 0 Å². The van der Waals surface area contributed by atoms with Gasteiger partial charge in [0, 0.05) is 22.2 Å². The van der Waals surface area contributed by atoms with Crippen LogP contribution in [0.3, 0.4) is 0 Å². The lowest BCUT2D eigenvalue weighted by Gasteiger charge is -2.46. The van der Waals surface area contributed by atoms with Crippen molar-refractivity contribution < 1.29 is 0 Å². The Morgan fingerprint density at radius 2 is 1.84 bits per heavy atom. The highest BCUT2D eigenvalue weighted by molar-refractivity contribution is 7.17. The summed E-state index contributed by atoms with van der Waals surface area (Å²) in [4.78, 5) is 4.82. The molecule has 32 heavy (non-hydrogen) atoms. The van der Waals surface area contributed by atoms with Crippen LogP contribution in [0.15, 0.2) is 71.9 Å². The zero-order valence-corrected chi connectivity index (χ0v) is 20.2. The van der Waals surface area contributed by atoms with E-state index in [1.807, 2.05) is 25.2 Å². The first-order valence-corrected chi connectivity index (χ1v) is 12.9. The van der Waals surface area contributed by atoms with Crippen molar-refractivity contribution in [2.24, 2.45) is 11.3 Å². The van der Waals surface area contributed by atoms with E-state index in [4.69, 9.17) is 4.98 Å². The second-order valence-corrected chi connectivity index (χ2v) is 10.0. The van der Waals surface area contributed by atoms with Crippen molar-refractivity contribution in [1.82, 2.24) is 9.55 Å². The minimum atomic E-state index is 0.211. The number of rotatable bonds is 3. The van der Waals surface area contributed by atoms with Crippen molar-refractivity contribution in [2.45, 2.75) is 53.0 Å². The van der Waals surface area contributed by atoms with Gasteiger partial charge in [-0.1, -0.05) is 74.9 Å². The van der Waals surface area contributed by atoms with Gasteiger partial charge in [-0.25, -0.2) is 4.98 Å². The van der Waals surface area contributed by atoms with Crippen LogP contribution in [-0.4, -0.2) is 9.55 Å². The van der Waals surface area contributed by atoms with Crippen molar-refractivity contribution in [3.63, 3.8) is 0 Å². The molecule has 1 aliphatic carbocycles. The van der Waals surface area contributed by atoms with E-state index >= 15 is 0 Å². The van der Waals surface area contributed by atoms with Gasteiger partial charge in [0.1, 0.15) is 0 Å². The van der Waals surface area contributed by atoms with E-state index in [2.05, 4.69) is 83.9 Å². The number of nitrogens with zero attached hydrogens (tertiary/aromatic N) is 2. The summed E-state index contributed by atoms with van der Waals surface area (Å²) >= 11 is 1.89. The van der Waals surface area contributed by atoms with Crippen LogP contribution >= 0.6 is 11.3 Å². The molecule has 2 aromatic heterocycles. The van der Waals surface area contributed by atoms with Crippen LogP contribution in [0.2, 0.25) is 0 Å². The standard InChI is InChI=1S/C27H26N2S.C2H6/c1-27-17-29-18-28-26(19-8-3-2-4-9-19)24(29)15-22(27)11-7-10-21(27)14-20-16-30-25-13-6-5-12-23(20)25;1-2/h2-6,8-9,12-13,15-16,18,21H,7,10-11,14,17H2,1H3;1-2H3. The minimum absolute atomic E-state index is 0.211. The minimum Gasteiger partial charge on any atom is -0.330 e. The number of hydrogen-bond acceptors (Lipinski definition) is 2. The smallest absolute Gasteiger partial charge is 0.0958 e. The fourth-order valence-electron chi connectivity index (χ4n) is 5.66. The predicted molar refractivity (Wildman–Crippen MR) is 138 cm³/mol. The van der Waals surface area contributed by atoms with Gasteiger partial charge in [0.2, 0.25) is 0 Å². The first kappa shape index (κ1) is 21.2. The third-order valence-corrected chi connectivity index (χ3v) is 8.41. The summed E-state index contributed by atoms with van der Waals surface area (Å²) in [5.41, 5.74) is 6.99. The molecule has 2 unspecified atom stereocenters. The monoisotopic (exact) mass is 440 g/mol. The molecule has 1 aliphatic heterocycles. The normalized spacial score (nSPS) is 21.8. The molecular weight excluding hydrogens is 408 g/mol. The summed E-state index contributed by atoms with van der Waals surface area (Å²) in [6.45, 7) is 7.54. The lowest BCUT2D eigenvalue weighted by Crippen LogP contribution is -2.40. The van der Waals surface area contributed by atoms with Crippen LogP contribution in [-0.2, 0) is 13.0 Å². The molecule has 1 fully saturated rings. The third kappa shape index (κ3) is 3.53. The maximum Gasteiger partial charge on any atom is 0.0958 e. The van der Waals surface area contributed by atoms with E-state index < -0.39 is 0 Å². The van der Waals surface area contributed by atoms with Gasteiger partial charge < -0.3 is 4.57 Å². The molecule has 2 aliphatic rings. The second-order valence-electron chi connectivity index (χ2n) is 9.11. The molecule has 2 aromatic carbocycles. The summed E-state index contributed by atoms with van der Waals surface area (Å²) < 4.78 is 3.81. The molecule has 2 atom stereocenters. The Balaban J connectivity index is 0.00000105. The Labute approximate surface area is 195 Å². The van der Waals surface area contributed by atoms with Crippen LogP contribution in [0.25, 0.3) is 27.4 Å². The zero-order chi connectivity index (χ0) is 22.1. The maximum atomic E-state index is 4.82. The topological polar surface area (TPSA) is 17.8 Å². The quantitative estimate of drug-likeness (QED) is 0.314. The predicted octanol–water partition coefficient (Wildman–Crippen LogP) is 8.24. The Kier molecular flexibility index (Phi) is 5.77. The van der Waals surface area contributed by atoms with E-state index in [1.54, 1.807) is 5.57 Å². The highest BCUT2D eigenvalue weighted by Crippen LogP contribution is 2.51. The highest BCUT2D eigenvalue weighted by Gasteiger charge is 2.43. The van der Waals surface area contributed by atoms with Crippen molar-refractivity contribution in [3.05, 3.63) is 83.1 Å². The zero-order valence-electron chi connectivity index (χ0n) is 19.3. The largest absolute Gasteiger partial charge is 0.330 e. The molecule has 0 N–H and O–H groups in total. The van der Waals surface area contributed by atoms with Crippen LogP contribution in [0.5, 0.6) is 0 Å². The van der Waals surface area contributed by atoms with Crippen molar-refractivity contribution in [3.8, 4) is 11.3 Å². The van der Waals surface area contributed by atoms with Crippen molar-refractivity contribution in [1.29, 1.82) is 0 Å². The molecular formula is C29H32N2S. The van der Waals surface area contributed by atoms with Crippen LogP contribution in [0.4, 0.5) is 0 Å². The Morgan fingerprint density at radius 3 is 2.69 bits per heavy atom. The van der Waals surface area contributed by atoms with E-state index in [9.17, 15) is 0 Å². The molecule has 3 heterocycles. The molecule has 0 spiro atoms. The van der Waals surface area contributed by atoms with Gasteiger partial charge in [-0.2, -0.15) is 0 Å². The van der Waals surface area contributed by atoms with Gasteiger partial charge in [-0.05, 0) is 60.1 Å². The molecule has 164 valence electrons. The van der Waals surface area contributed by atoms with Crippen LogP contribution < -0.4 is 0 Å². The average molecular weight is 441 g/mol. The molecule has 3 heteroatoms. The molecule has 0 radical (unpaired) electrons. The molecule has 0 bridgehead atoms. The molecule has 6 rings (SSSR count). The summed E-state index contributed by atoms with van der Waals surface area (Å²) in [7, 11) is 0. The van der Waals surface area contributed by atoms with E-state index in [0.29, 0.717) is 5.92 Å². The van der Waals surface area contributed by atoms with Gasteiger partial charge >= 0.3 is 0 Å². The van der Waals surface area contributed by atoms with E-state index in [0.717, 1.165) is 12.2 Å². The van der Waals surface area contributed by atoms with Gasteiger partial charge in [0.05, 0.1) is 17.7 Å². The molecule has 0 saturated heterocycles. The average Bonchev–Trinajstić information content (AvgIpc) is 3.44. The Hall–Kier alpha value is -2.65. The summed E-state index contributed by atoms with van der Waals surface area (Å²) in [6.07, 6.45) is 9.53. The lowest BCUT2D eigenvalue weighted by atomic mass is 9.61. The molecule has 0 amide bonds. The van der Waals surface area contributed by atoms with Gasteiger partial charge in [-0.15, -0.1) is 11.3 Å². The lowest BCUT2D eigenvalue weighted by molar-refractivity contribution is 0.152. The molecule has 4 aromatic rings. The number of imidazole rings is 1. The Bertz CT molecular complexity index is 1250. The third-order valence-electron chi connectivity index (χ3n) is 7.40. The second kappa shape index (κ2) is 8.71. The highest BCUT2D eigenvalue weighted by atomic mass is 32.1. The summed E-state index contributed by atoms with van der Waals surface area (Å²) in [5.74, 6) is 0.672. The fraction of sp³-hybridized carbons (Fsp3) is 0.345. The number of allylic oxidation sites excluding steroid dienone is 1. The number of fused-ring (bicyclic) bond motifs is 3. The SMILES string of the molecule is CC.CC12Cn3cnc(-c4ccccc4)c3C=C1CCCC2Cc1csc2ccccc12. The van der Waals surface area contributed by atoms with Gasteiger partial charge in [-0.3, -0.25) is 0 Å². The number of hydrogen-bond donors (Lipinski definition) is 0. The van der Waals surface area contributed by atoms with E-state index in [1.165, 1.54) is 52.6 Å². The van der Waals surface area contributed by atoms with Crippen molar-refractivity contribution >= 4 is 27.5 Å². The van der Waals surface area contributed by atoms with Crippen LogP contribution in [0.1, 0.15) is 51.3 Å². The number of thiophene rings is 1. The number of aromatic nitrogens is 2. The molecule has 1 saturated carbocycles. The molecule has 2 nitrogen and oxygen atoms in total. The van der Waals surface area contributed by atoms with Crippen LogP contribution in [0, 0.1) is 11.3 Å². The Morgan fingerprint density at radius 1 is 1.06 bits per heavy atom. The van der Waals surface area contributed by atoms with Gasteiger partial charge in [0.25, 0.3) is 0 Å². The summed E-state index contributed by atoms with van der Waals surface area (Å²) in [6, 6.07) is 19.5. The number of benzene rings is 2. The maximum absolute atomic E-state index is 4.82. The van der Waals surface area contributed by atoms with E-state index in [-0.39, 0.29) is 5.41 Å². The first-order valence-electron chi connectivity index (χ1n) is 12.0.